The highest BCUT2D eigenvalue weighted by molar-refractivity contribution is 6.32. The second kappa shape index (κ2) is 8.65. The van der Waals surface area contributed by atoms with Gasteiger partial charge in [0.05, 0.1) is 12.1 Å². The molecule has 0 saturated heterocycles. The van der Waals surface area contributed by atoms with Gasteiger partial charge in [-0.15, -0.1) is 0 Å². The largest absolute Gasteiger partial charge is 0.493 e. The fourth-order valence-electron chi connectivity index (χ4n) is 2.23. The van der Waals surface area contributed by atoms with E-state index in [0.717, 1.165) is 16.9 Å². The summed E-state index contributed by atoms with van der Waals surface area (Å²) >= 11 is 6.29. The molecule has 23 heavy (non-hydrogen) atoms. The van der Waals surface area contributed by atoms with E-state index in [1.165, 1.54) is 0 Å². The number of aryl methyl sites for hydroxylation is 1. The molecule has 0 bridgehead atoms. The number of hydrogen-bond donors (Lipinski definition) is 1. The lowest BCUT2D eigenvalue weighted by atomic mass is 10.2. The number of rotatable bonds is 8. The van der Waals surface area contributed by atoms with Crippen molar-refractivity contribution < 1.29 is 14.2 Å². The molecule has 0 aliphatic rings. The SMILES string of the molecule is CNCc1cc(Cl)c(OCCOc2cccc(C)c2)c(OC)c1. The van der Waals surface area contributed by atoms with Crippen molar-refractivity contribution in [2.45, 2.75) is 13.5 Å². The summed E-state index contributed by atoms with van der Waals surface area (Å²) in [6, 6.07) is 11.7. The van der Waals surface area contributed by atoms with Crippen molar-refractivity contribution in [1.29, 1.82) is 0 Å². The van der Waals surface area contributed by atoms with Crippen molar-refractivity contribution in [2.24, 2.45) is 0 Å². The van der Waals surface area contributed by atoms with Crippen LogP contribution in [-0.4, -0.2) is 27.4 Å². The molecule has 124 valence electrons. The number of halogens is 1. The van der Waals surface area contributed by atoms with Crippen molar-refractivity contribution in [2.75, 3.05) is 27.4 Å². The van der Waals surface area contributed by atoms with Gasteiger partial charge in [-0.3, -0.25) is 0 Å². The van der Waals surface area contributed by atoms with Crippen LogP contribution in [0.15, 0.2) is 36.4 Å². The van der Waals surface area contributed by atoms with E-state index in [9.17, 15) is 0 Å². The van der Waals surface area contributed by atoms with E-state index in [1.807, 2.05) is 50.4 Å². The Morgan fingerprint density at radius 2 is 1.87 bits per heavy atom. The Balaban J connectivity index is 1.94. The Morgan fingerprint density at radius 3 is 2.57 bits per heavy atom. The topological polar surface area (TPSA) is 39.7 Å². The molecule has 5 heteroatoms. The van der Waals surface area contributed by atoms with Crippen molar-refractivity contribution in [3.05, 3.63) is 52.5 Å². The predicted molar refractivity (Wildman–Crippen MR) is 92.9 cm³/mol. The summed E-state index contributed by atoms with van der Waals surface area (Å²) in [5.41, 5.74) is 2.20. The highest BCUT2D eigenvalue weighted by Gasteiger charge is 2.12. The van der Waals surface area contributed by atoms with Gasteiger partial charge in [0, 0.05) is 6.54 Å². The molecule has 2 aromatic rings. The predicted octanol–water partition coefficient (Wildman–Crippen LogP) is 3.83. The van der Waals surface area contributed by atoms with E-state index in [-0.39, 0.29) is 0 Å². The summed E-state index contributed by atoms with van der Waals surface area (Å²) in [6.45, 7) is 3.56. The standard InChI is InChI=1S/C18H22ClNO3/c1-13-5-4-6-15(9-13)22-7-8-23-18-16(19)10-14(12-20-2)11-17(18)21-3/h4-6,9-11,20H,7-8,12H2,1-3H3. The molecule has 0 saturated carbocycles. The van der Waals surface area contributed by atoms with E-state index in [0.29, 0.717) is 36.3 Å². The first-order chi connectivity index (χ1) is 11.1. The second-order valence-corrected chi connectivity index (χ2v) is 5.56. The molecular weight excluding hydrogens is 314 g/mol. The maximum absolute atomic E-state index is 6.29. The molecule has 2 aromatic carbocycles. The van der Waals surface area contributed by atoms with Crippen LogP contribution in [0.4, 0.5) is 0 Å². The second-order valence-electron chi connectivity index (χ2n) is 5.15. The van der Waals surface area contributed by atoms with Crippen LogP contribution in [-0.2, 0) is 6.54 Å². The molecule has 0 aliphatic heterocycles. The van der Waals surface area contributed by atoms with Crippen LogP contribution >= 0.6 is 11.6 Å². The highest BCUT2D eigenvalue weighted by Crippen LogP contribution is 2.36. The van der Waals surface area contributed by atoms with Gasteiger partial charge in [-0.1, -0.05) is 23.7 Å². The smallest absolute Gasteiger partial charge is 0.179 e. The Bertz CT molecular complexity index is 646. The molecule has 0 unspecified atom stereocenters. The molecule has 2 rings (SSSR count). The molecule has 0 heterocycles. The summed E-state index contributed by atoms with van der Waals surface area (Å²) in [5, 5.41) is 3.61. The zero-order chi connectivity index (χ0) is 16.7. The van der Waals surface area contributed by atoms with Crippen LogP contribution in [0.2, 0.25) is 5.02 Å². The highest BCUT2D eigenvalue weighted by atomic mass is 35.5. The average molecular weight is 336 g/mol. The molecule has 0 aromatic heterocycles. The fourth-order valence-corrected chi connectivity index (χ4v) is 2.52. The first-order valence-electron chi connectivity index (χ1n) is 7.47. The van der Waals surface area contributed by atoms with Crippen LogP contribution < -0.4 is 19.5 Å². The van der Waals surface area contributed by atoms with Crippen molar-refractivity contribution in [3.63, 3.8) is 0 Å². The average Bonchev–Trinajstić information content (AvgIpc) is 2.53. The van der Waals surface area contributed by atoms with Crippen molar-refractivity contribution in [1.82, 2.24) is 5.32 Å². The Kier molecular flexibility index (Phi) is 6.56. The summed E-state index contributed by atoms with van der Waals surface area (Å²) in [7, 11) is 3.48. The first kappa shape index (κ1) is 17.4. The first-order valence-corrected chi connectivity index (χ1v) is 7.85. The van der Waals surface area contributed by atoms with Crippen LogP contribution in [0.5, 0.6) is 17.2 Å². The summed E-state index contributed by atoms with van der Waals surface area (Å²) < 4.78 is 16.8. The lowest BCUT2D eigenvalue weighted by Crippen LogP contribution is -2.10. The third-order valence-corrected chi connectivity index (χ3v) is 3.54. The molecule has 0 fully saturated rings. The molecule has 0 radical (unpaired) electrons. The Hall–Kier alpha value is -1.91. The van der Waals surface area contributed by atoms with Crippen LogP contribution in [0, 0.1) is 6.92 Å². The molecule has 0 amide bonds. The van der Waals surface area contributed by atoms with Crippen molar-refractivity contribution in [3.8, 4) is 17.2 Å². The minimum atomic E-state index is 0.384. The monoisotopic (exact) mass is 335 g/mol. The quantitative estimate of drug-likeness (QED) is 0.744. The lowest BCUT2D eigenvalue weighted by molar-refractivity contribution is 0.211. The zero-order valence-corrected chi connectivity index (χ0v) is 14.4. The van der Waals surface area contributed by atoms with Crippen LogP contribution in [0.3, 0.4) is 0 Å². The summed E-state index contributed by atoms with van der Waals surface area (Å²) in [5.74, 6) is 2.00. The van der Waals surface area contributed by atoms with Gasteiger partial charge in [-0.2, -0.15) is 0 Å². The minimum absolute atomic E-state index is 0.384. The van der Waals surface area contributed by atoms with E-state index < -0.39 is 0 Å². The number of ether oxygens (including phenoxy) is 3. The van der Waals surface area contributed by atoms with E-state index in [1.54, 1.807) is 7.11 Å². The van der Waals surface area contributed by atoms with E-state index >= 15 is 0 Å². The Morgan fingerprint density at radius 1 is 1.09 bits per heavy atom. The summed E-state index contributed by atoms with van der Waals surface area (Å²) in [6.07, 6.45) is 0. The molecule has 4 nitrogen and oxygen atoms in total. The van der Waals surface area contributed by atoms with Gasteiger partial charge in [0.15, 0.2) is 11.5 Å². The summed E-state index contributed by atoms with van der Waals surface area (Å²) in [4.78, 5) is 0. The van der Waals surface area contributed by atoms with Gasteiger partial charge in [0.25, 0.3) is 0 Å². The fraction of sp³-hybridized carbons (Fsp3) is 0.333. The van der Waals surface area contributed by atoms with Crippen LogP contribution in [0.25, 0.3) is 0 Å². The molecule has 0 atom stereocenters. The zero-order valence-electron chi connectivity index (χ0n) is 13.7. The van der Waals surface area contributed by atoms with Gasteiger partial charge in [0.2, 0.25) is 0 Å². The normalized spacial score (nSPS) is 10.4. The van der Waals surface area contributed by atoms with Crippen molar-refractivity contribution >= 4 is 11.6 Å². The number of hydrogen-bond acceptors (Lipinski definition) is 4. The van der Waals surface area contributed by atoms with Gasteiger partial charge >= 0.3 is 0 Å². The molecule has 0 spiro atoms. The van der Waals surface area contributed by atoms with E-state index in [4.69, 9.17) is 25.8 Å². The maximum atomic E-state index is 6.29. The molecule has 1 N–H and O–H groups in total. The number of methoxy groups -OCH3 is 1. The third kappa shape index (κ3) is 5.05. The number of benzene rings is 2. The molecular formula is C18H22ClNO3. The Labute approximate surface area is 142 Å². The van der Waals surface area contributed by atoms with Crippen LogP contribution in [0.1, 0.15) is 11.1 Å². The molecule has 0 aliphatic carbocycles. The van der Waals surface area contributed by atoms with Gasteiger partial charge < -0.3 is 19.5 Å². The van der Waals surface area contributed by atoms with Gasteiger partial charge in [0.1, 0.15) is 19.0 Å². The van der Waals surface area contributed by atoms with E-state index in [2.05, 4.69) is 5.32 Å². The minimum Gasteiger partial charge on any atom is -0.493 e. The number of nitrogens with one attached hydrogen (secondary N) is 1. The maximum Gasteiger partial charge on any atom is 0.179 e. The van der Waals surface area contributed by atoms with Gasteiger partial charge in [-0.05, 0) is 49.4 Å². The van der Waals surface area contributed by atoms with Gasteiger partial charge in [-0.25, -0.2) is 0 Å². The lowest BCUT2D eigenvalue weighted by Gasteiger charge is -2.14. The third-order valence-electron chi connectivity index (χ3n) is 3.26.